The summed E-state index contributed by atoms with van der Waals surface area (Å²) in [5, 5.41) is 4.21. The Kier molecular flexibility index (Phi) is 9.36. The molecule has 2 amide bonds. The molecule has 4 nitrogen and oxygen atoms in total. The minimum atomic E-state index is -0.725. The fourth-order valence-electron chi connectivity index (χ4n) is 4.15. The monoisotopic (exact) mass is 530 g/mol. The van der Waals surface area contributed by atoms with Crippen molar-refractivity contribution >= 4 is 35.0 Å². The Labute approximate surface area is 227 Å². The number of hydrogen-bond acceptors (Lipinski definition) is 2. The van der Waals surface area contributed by atoms with Crippen molar-refractivity contribution in [3.05, 3.63) is 141 Å². The topological polar surface area (TPSA) is 49.4 Å². The molecular formula is C31H28Cl2N2O2. The van der Waals surface area contributed by atoms with Crippen LogP contribution in [0.15, 0.2) is 109 Å². The Morgan fingerprint density at radius 3 is 1.95 bits per heavy atom. The first kappa shape index (κ1) is 26.5. The lowest BCUT2D eigenvalue weighted by molar-refractivity contribution is -0.140. The summed E-state index contributed by atoms with van der Waals surface area (Å²) in [6.07, 6.45) is 0.570. The Hall–Kier alpha value is -3.60. The minimum absolute atomic E-state index is 0.130. The van der Waals surface area contributed by atoms with Crippen LogP contribution in [0.2, 0.25) is 10.0 Å². The van der Waals surface area contributed by atoms with Gasteiger partial charge >= 0.3 is 0 Å². The average molecular weight is 531 g/mol. The zero-order valence-corrected chi connectivity index (χ0v) is 21.8. The molecule has 0 radical (unpaired) electrons. The number of hydrogen-bond donors (Lipinski definition) is 1. The number of carbonyl (C=O) groups is 2. The summed E-state index contributed by atoms with van der Waals surface area (Å²) in [6, 6.07) is 33.3. The Balaban J connectivity index is 1.64. The van der Waals surface area contributed by atoms with Gasteiger partial charge in [-0.3, -0.25) is 9.59 Å². The van der Waals surface area contributed by atoms with Gasteiger partial charge in [-0.1, -0.05) is 114 Å². The molecule has 4 aromatic rings. The van der Waals surface area contributed by atoms with E-state index >= 15 is 0 Å². The summed E-state index contributed by atoms with van der Waals surface area (Å²) in [4.78, 5) is 29.1. The van der Waals surface area contributed by atoms with Crippen LogP contribution in [0, 0.1) is 0 Å². The summed E-state index contributed by atoms with van der Waals surface area (Å²) in [5.74, 6) is -0.367. The highest BCUT2D eigenvalue weighted by Gasteiger charge is 2.30. The predicted molar refractivity (Wildman–Crippen MR) is 149 cm³/mol. The van der Waals surface area contributed by atoms with Gasteiger partial charge in [0.05, 0.1) is 6.42 Å². The van der Waals surface area contributed by atoms with Crippen LogP contribution in [0.5, 0.6) is 0 Å². The van der Waals surface area contributed by atoms with E-state index in [2.05, 4.69) is 5.32 Å². The van der Waals surface area contributed by atoms with Crippen molar-refractivity contribution in [2.24, 2.45) is 0 Å². The van der Waals surface area contributed by atoms with Crippen molar-refractivity contribution in [1.29, 1.82) is 0 Å². The van der Waals surface area contributed by atoms with Crippen LogP contribution in [-0.2, 0) is 35.5 Å². The molecule has 37 heavy (non-hydrogen) atoms. The number of rotatable bonds is 10. The molecule has 0 saturated carbocycles. The standard InChI is InChI=1S/C31H28Cl2N2O2/c32-27-17-15-25(16-18-27)22-35(30(36)20-24-11-5-2-6-12-24)29(19-23-9-3-1-4-10-23)31(37)34-21-26-13-7-8-14-28(26)33/h1-18,29H,19-22H2,(H,34,37)/t29-/m0/s1. The molecule has 0 unspecified atom stereocenters. The maximum Gasteiger partial charge on any atom is 0.243 e. The van der Waals surface area contributed by atoms with Crippen LogP contribution in [0.1, 0.15) is 22.3 Å². The van der Waals surface area contributed by atoms with E-state index in [4.69, 9.17) is 23.2 Å². The molecule has 188 valence electrons. The minimum Gasteiger partial charge on any atom is -0.350 e. The molecule has 4 rings (SSSR count). The van der Waals surface area contributed by atoms with Crippen LogP contribution in [0.4, 0.5) is 0 Å². The third-order valence-electron chi connectivity index (χ3n) is 6.15. The van der Waals surface area contributed by atoms with Crippen LogP contribution in [0.25, 0.3) is 0 Å². The SMILES string of the molecule is O=C(NCc1ccccc1Cl)[C@H](Cc1ccccc1)N(Cc1ccc(Cl)cc1)C(=O)Cc1ccccc1. The van der Waals surface area contributed by atoms with Crippen molar-refractivity contribution in [2.45, 2.75) is 32.0 Å². The number of nitrogens with zero attached hydrogens (tertiary/aromatic N) is 1. The van der Waals surface area contributed by atoms with Crippen molar-refractivity contribution < 1.29 is 9.59 Å². The lowest BCUT2D eigenvalue weighted by Crippen LogP contribution is -2.50. The lowest BCUT2D eigenvalue weighted by Gasteiger charge is -2.32. The van der Waals surface area contributed by atoms with Gasteiger partial charge in [0.2, 0.25) is 11.8 Å². The Morgan fingerprint density at radius 1 is 0.703 bits per heavy atom. The van der Waals surface area contributed by atoms with E-state index in [0.29, 0.717) is 16.5 Å². The number of nitrogens with one attached hydrogen (secondary N) is 1. The lowest BCUT2D eigenvalue weighted by atomic mass is 10.0. The highest BCUT2D eigenvalue weighted by molar-refractivity contribution is 6.31. The van der Waals surface area contributed by atoms with E-state index in [-0.39, 0.29) is 31.3 Å². The zero-order chi connectivity index (χ0) is 26.0. The highest BCUT2D eigenvalue weighted by Crippen LogP contribution is 2.19. The van der Waals surface area contributed by atoms with E-state index in [1.54, 1.807) is 23.1 Å². The fourth-order valence-corrected chi connectivity index (χ4v) is 4.48. The molecule has 1 N–H and O–H groups in total. The van der Waals surface area contributed by atoms with Gasteiger partial charge in [0.1, 0.15) is 6.04 Å². The summed E-state index contributed by atoms with van der Waals surface area (Å²) < 4.78 is 0. The molecular weight excluding hydrogens is 503 g/mol. The molecule has 0 aliphatic carbocycles. The van der Waals surface area contributed by atoms with Gasteiger partial charge < -0.3 is 10.2 Å². The summed E-state index contributed by atoms with van der Waals surface area (Å²) in [6.45, 7) is 0.547. The molecule has 0 fully saturated rings. The van der Waals surface area contributed by atoms with Gasteiger partial charge in [-0.2, -0.15) is 0 Å². The van der Waals surface area contributed by atoms with Gasteiger partial charge in [-0.05, 0) is 40.5 Å². The molecule has 4 aromatic carbocycles. The fraction of sp³-hybridized carbons (Fsp3) is 0.161. The van der Waals surface area contributed by atoms with Gasteiger partial charge in [-0.25, -0.2) is 0 Å². The maximum absolute atomic E-state index is 13.7. The van der Waals surface area contributed by atoms with Crippen LogP contribution < -0.4 is 5.32 Å². The Bertz CT molecular complexity index is 1310. The second-order valence-electron chi connectivity index (χ2n) is 8.83. The second kappa shape index (κ2) is 13.1. The molecule has 0 spiro atoms. The summed E-state index contributed by atoms with van der Waals surface area (Å²) in [5.41, 5.74) is 3.57. The highest BCUT2D eigenvalue weighted by atomic mass is 35.5. The molecule has 1 atom stereocenters. The quantitative estimate of drug-likeness (QED) is 0.254. The summed E-state index contributed by atoms with van der Waals surface area (Å²) >= 11 is 12.4. The first-order chi connectivity index (χ1) is 18.0. The largest absolute Gasteiger partial charge is 0.350 e. The van der Waals surface area contributed by atoms with Crippen molar-refractivity contribution in [1.82, 2.24) is 10.2 Å². The molecule has 0 saturated heterocycles. The second-order valence-corrected chi connectivity index (χ2v) is 9.67. The third kappa shape index (κ3) is 7.69. The zero-order valence-electron chi connectivity index (χ0n) is 20.3. The predicted octanol–water partition coefficient (Wildman–Crippen LogP) is 6.49. The summed E-state index contributed by atoms with van der Waals surface area (Å²) in [7, 11) is 0. The number of carbonyl (C=O) groups excluding carboxylic acids is 2. The molecule has 0 aliphatic rings. The maximum atomic E-state index is 13.7. The van der Waals surface area contributed by atoms with Gasteiger partial charge in [0.15, 0.2) is 0 Å². The van der Waals surface area contributed by atoms with Crippen molar-refractivity contribution in [3.8, 4) is 0 Å². The number of benzene rings is 4. The van der Waals surface area contributed by atoms with Gasteiger partial charge in [0, 0.05) is 29.6 Å². The van der Waals surface area contributed by atoms with Crippen molar-refractivity contribution in [3.63, 3.8) is 0 Å². The molecule has 0 heterocycles. The molecule has 0 aromatic heterocycles. The third-order valence-corrected chi connectivity index (χ3v) is 6.77. The van der Waals surface area contributed by atoms with Gasteiger partial charge in [-0.15, -0.1) is 0 Å². The molecule has 0 aliphatic heterocycles. The van der Waals surface area contributed by atoms with E-state index < -0.39 is 6.04 Å². The number of amides is 2. The normalized spacial score (nSPS) is 11.5. The first-order valence-electron chi connectivity index (χ1n) is 12.1. The van der Waals surface area contributed by atoms with Crippen LogP contribution in [-0.4, -0.2) is 22.8 Å². The molecule has 6 heteroatoms. The van der Waals surface area contributed by atoms with Gasteiger partial charge in [0.25, 0.3) is 0 Å². The Morgan fingerprint density at radius 2 is 1.30 bits per heavy atom. The smallest absolute Gasteiger partial charge is 0.243 e. The van der Waals surface area contributed by atoms with E-state index in [1.807, 2.05) is 91.0 Å². The van der Waals surface area contributed by atoms with Crippen LogP contribution >= 0.6 is 23.2 Å². The molecule has 0 bridgehead atoms. The first-order valence-corrected chi connectivity index (χ1v) is 12.9. The van der Waals surface area contributed by atoms with E-state index in [0.717, 1.165) is 22.3 Å². The van der Waals surface area contributed by atoms with Crippen LogP contribution in [0.3, 0.4) is 0 Å². The van der Waals surface area contributed by atoms with E-state index in [1.165, 1.54) is 0 Å². The number of halogens is 2. The van der Waals surface area contributed by atoms with E-state index in [9.17, 15) is 9.59 Å². The average Bonchev–Trinajstić information content (AvgIpc) is 2.92. The van der Waals surface area contributed by atoms with Crippen molar-refractivity contribution in [2.75, 3.05) is 0 Å².